The van der Waals surface area contributed by atoms with Crippen LogP contribution in [0.5, 0.6) is 0 Å². The molecule has 0 radical (unpaired) electrons. The zero-order valence-electron chi connectivity index (χ0n) is 13.2. The van der Waals surface area contributed by atoms with Gasteiger partial charge in [-0.1, -0.05) is 24.3 Å². The second-order valence-electron chi connectivity index (χ2n) is 5.67. The van der Waals surface area contributed by atoms with Crippen molar-refractivity contribution in [2.45, 2.75) is 12.6 Å². The summed E-state index contributed by atoms with van der Waals surface area (Å²) in [5.74, 6) is -0.0422. The van der Waals surface area contributed by atoms with Crippen molar-refractivity contribution in [1.82, 2.24) is 19.7 Å². The molecule has 24 heavy (non-hydrogen) atoms. The summed E-state index contributed by atoms with van der Waals surface area (Å²) in [4.78, 5) is 19.1. The molecule has 1 atom stereocenters. The molecule has 0 bridgehead atoms. The summed E-state index contributed by atoms with van der Waals surface area (Å²) in [6, 6.07) is 10.2. The lowest BCUT2D eigenvalue weighted by Gasteiger charge is -2.34. The van der Waals surface area contributed by atoms with E-state index >= 15 is 0 Å². The largest absolute Gasteiger partial charge is 0.365 e. The van der Waals surface area contributed by atoms with Gasteiger partial charge in [0.25, 0.3) is 5.91 Å². The molecule has 0 saturated heterocycles. The fraction of sp³-hybridized carbons (Fsp3) is 0.235. The van der Waals surface area contributed by atoms with Crippen molar-refractivity contribution in [3.05, 3.63) is 64.9 Å². The lowest BCUT2D eigenvalue weighted by Crippen LogP contribution is -2.40. The number of anilines is 1. The Kier molecular flexibility index (Phi) is 3.78. The maximum atomic E-state index is 12.9. The molecule has 3 aromatic rings. The van der Waals surface area contributed by atoms with Gasteiger partial charge in [0.1, 0.15) is 5.69 Å². The van der Waals surface area contributed by atoms with Crippen molar-refractivity contribution in [2.24, 2.45) is 0 Å². The van der Waals surface area contributed by atoms with Gasteiger partial charge >= 0.3 is 0 Å². The Hall–Kier alpha value is -2.67. The molecule has 1 aliphatic heterocycles. The predicted molar refractivity (Wildman–Crippen MR) is 93.2 cm³/mol. The number of carbonyl (C=O) groups is 1. The third-order valence-electron chi connectivity index (χ3n) is 4.24. The molecule has 7 heteroatoms. The maximum absolute atomic E-state index is 12.9. The zero-order chi connectivity index (χ0) is 16.5. The van der Waals surface area contributed by atoms with Crippen LogP contribution >= 0.6 is 11.3 Å². The number of hydrogen-bond donors (Lipinski definition) is 1. The van der Waals surface area contributed by atoms with Gasteiger partial charge in [-0.25, -0.2) is 4.98 Å². The highest BCUT2D eigenvalue weighted by atomic mass is 32.1. The molecule has 0 saturated carbocycles. The van der Waals surface area contributed by atoms with E-state index in [0.29, 0.717) is 18.8 Å². The summed E-state index contributed by atoms with van der Waals surface area (Å²) in [7, 11) is 1.80. The average molecular weight is 339 g/mol. The van der Waals surface area contributed by atoms with E-state index in [9.17, 15) is 4.79 Å². The van der Waals surface area contributed by atoms with Crippen LogP contribution < -0.4 is 5.32 Å². The standard InChI is InChI=1S/C17H17N5OS/c1-18-17-20-14(11-24-17)16(23)21-9-12-5-2-3-6-13(12)15(10-21)22-8-4-7-19-22/h2-8,11,15H,9-10H2,1H3,(H,18,20). The normalized spacial score (nSPS) is 16.7. The summed E-state index contributed by atoms with van der Waals surface area (Å²) in [6.07, 6.45) is 3.71. The molecule has 1 aromatic carbocycles. The molecule has 1 amide bonds. The molecule has 1 aliphatic rings. The van der Waals surface area contributed by atoms with Crippen molar-refractivity contribution in [1.29, 1.82) is 0 Å². The van der Waals surface area contributed by atoms with E-state index in [1.165, 1.54) is 16.9 Å². The first-order chi connectivity index (χ1) is 11.8. The highest BCUT2D eigenvalue weighted by Gasteiger charge is 2.30. The van der Waals surface area contributed by atoms with Crippen LogP contribution in [0.1, 0.15) is 27.7 Å². The number of benzene rings is 1. The van der Waals surface area contributed by atoms with Gasteiger partial charge < -0.3 is 10.2 Å². The topological polar surface area (TPSA) is 63.1 Å². The first kappa shape index (κ1) is 14.9. The van der Waals surface area contributed by atoms with Gasteiger partial charge in [0.15, 0.2) is 5.13 Å². The molecule has 1 N–H and O–H groups in total. The Labute approximate surface area is 143 Å². The number of nitrogens with one attached hydrogen (secondary N) is 1. The summed E-state index contributed by atoms with van der Waals surface area (Å²) >= 11 is 1.44. The maximum Gasteiger partial charge on any atom is 0.273 e. The first-order valence-corrected chi connectivity index (χ1v) is 8.63. The van der Waals surface area contributed by atoms with Crippen LogP contribution in [0.3, 0.4) is 0 Å². The molecule has 4 rings (SSSR count). The zero-order valence-corrected chi connectivity index (χ0v) is 14.0. The summed E-state index contributed by atoms with van der Waals surface area (Å²) in [6.45, 7) is 1.18. The highest BCUT2D eigenvalue weighted by Crippen LogP contribution is 2.30. The third-order valence-corrected chi connectivity index (χ3v) is 5.10. The number of carbonyl (C=O) groups excluding carboxylic acids is 1. The summed E-state index contributed by atoms with van der Waals surface area (Å²) in [5, 5.41) is 9.90. The van der Waals surface area contributed by atoms with E-state index in [-0.39, 0.29) is 11.9 Å². The minimum absolute atomic E-state index is 0.0244. The highest BCUT2D eigenvalue weighted by molar-refractivity contribution is 7.13. The van der Waals surface area contributed by atoms with Crippen LogP contribution in [-0.4, -0.2) is 39.2 Å². The first-order valence-electron chi connectivity index (χ1n) is 7.75. The lowest BCUT2D eigenvalue weighted by molar-refractivity contribution is 0.0701. The molecule has 2 aromatic heterocycles. The third kappa shape index (κ3) is 2.56. The van der Waals surface area contributed by atoms with E-state index in [4.69, 9.17) is 0 Å². The van der Waals surface area contributed by atoms with Crippen molar-refractivity contribution >= 4 is 22.4 Å². The molecule has 6 nitrogen and oxygen atoms in total. The van der Waals surface area contributed by atoms with Crippen LogP contribution in [0, 0.1) is 0 Å². The molecule has 3 heterocycles. The number of rotatable bonds is 3. The number of thiazole rings is 1. The molecule has 0 aliphatic carbocycles. The Morgan fingerprint density at radius 1 is 1.33 bits per heavy atom. The number of hydrogen-bond acceptors (Lipinski definition) is 5. The van der Waals surface area contributed by atoms with Crippen molar-refractivity contribution in [3.8, 4) is 0 Å². The Morgan fingerprint density at radius 2 is 2.21 bits per heavy atom. The van der Waals surface area contributed by atoms with Crippen LogP contribution in [-0.2, 0) is 6.54 Å². The minimum Gasteiger partial charge on any atom is -0.365 e. The molecular weight excluding hydrogens is 322 g/mol. The second kappa shape index (κ2) is 6.09. The fourth-order valence-corrected chi connectivity index (χ4v) is 3.72. The van der Waals surface area contributed by atoms with Crippen molar-refractivity contribution in [2.75, 3.05) is 18.9 Å². The second-order valence-corrected chi connectivity index (χ2v) is 6.53. The quantitative estimate of drug-likeness (QED) is 0.797. The van der Waals surface area contributed by atoms with E-state index in [2.05, 4.69) is 27.5 Å². The van der Waals surface area contributed by atoms with Crippen molar-refractivity contribution in [3.63, 3.8) is 0 Å². The van der Waals surface area contributed by atoms with Crippen LogP contribution in [0.15, 0.2) is 48.1 Å². The number of nitrogens with zero attached hydrogens (tertiary/aromatic N) is 4. The summed E-state index contributed by atoms with van der Waals surface area (Å²) < 4.78 is 1.92. The van der Waals surface area contributed by atoms with Gasteiger partial charge in [0.2, 0.25) is 0 Å². The Balaban J connectivity index is 1.68. The van der Waals surface area contributed by atoms with E-state index in [0.717, 1.165) is 10.7 Å². The van der Waals surface area contributed by atoms with Gasteiger partial charge in [0, 0.05) is 37.9 Å². The van der Waals surface area contributed by atoms with Crippen LogP contribution in [0.25, 0.3) is 0 Å². The predicted octanol–water partition coefficient (Wildman–Crippen LogP) is 2.63. The van der Waals surface area contributed by atoms with Crippen LogP contribution in [0.4, 0.5) is 5.13 Å². The Bertz CT molecular complexity index is 858. The number of amides is 1. The van der Waals surface area contributed by atoms with Crippen molar-refractivity contribution < 1.29 is 4.79 Å². The molecule has 0 spiro atoms. The average Bonchev–Trinajstić information content (AvgIpc) is 3.31. The molecule has 1 unspecified atom stereocenters. The SMILES string of the molecule is CNc1nc(C(=O)N2Cc3ccccc3C(n3cccn3)C2)cs1. The Morgan fingerprint density at radius 3 is 2.96 bits per heavy atom. The summed E-state index contributed by atoms with van der Waals surface area (Å²) in [5.41, 5.74) is 2.86. The molecule has 122 valence electrons. The molecule has 0 fully saturated rings. The van der Waals surface area contributed by atoms with Gasteiger partial charge in [-0.3, -0.25) is 9.48 Å². The van der Waals surface area contributed by atoms with Gasteiger partial charge in [-0.05, 0) is 17.2 Å². The number of fused-ring (bicyclic) bond motifs is 1. The minimum atomic E-state index is -0.0422. The fourth-order valence-electron chi connectivity index (χ4n) is 3.08. The van der Waals surface area contributed by atoms with E-state index in [1.54, 1.807) is 18.6 Å². The smallest absolute Gasteiger partial charge is 0.273 e. The monoisotopic (exact) mass is 339 g/mol. The molecular formula is C17H17N5OS. The number of aromatic nitrogens is 3. The van der Waals surface area contributed by atoms with Gasteiger partial charge in [-0.2, -0.15) is 5.10 Å². The van der Waals surface area contributed by atoms with Gasteiger partial charge in [0.05, 0.1) is 6.04 Å². The van der Waals surface area contributed by atoms with E-state index in [1.807, 2.05) is 34.0 Å². The van der Waals surface area contributed by atoms with Crippen LogP contribution in [0.2, 0.25) is 0 Å². The van der Waals surface area contributed by atoms with Gasteiger partial charge in [-0.15, -0.1) is 11.3 Å². The van der Waals surface area contributed by atoms with E-state index < -0.39 is 0 Å². The lowest BCUT2D eigenvalue weighted by atomic mass is 9.95.